The molecule has 5 heteroatoms. The number of nitrogens with zero attached hydrogens (tertiary/aromatic N) is 3. The highest BCUT2D eigenvalue weighted by molar-refractivity contribution is 5.78. The predicted molar refractivity (Wildman–Crippen MR) is 72.4 cm³/mol. The maximum atomic E-state index is 13.2. The van der Waals surface area contributed by atoms with Crippen molar-refractivity contribution in [2.45, 2.75) is 31.3 Å². The molecule has 1 unspecified atom stereocenters. The largest absolute Gasteiger partial charge is 0.369 e. The number of nitrogen functional groups attached to an aromatic ring is 1. The number of benzene rings is 1. The first-order valence-corrected chi connectivity index (χ1v) is 6.89. The van der Waals surface area contributed by atoms with Crippen LogP contribution >= 0.6 is 0 Å². The van der Waals surface area contributed by atoms with Crippen molar-refractivity contribution >= 4 is 17.0 Å². The van der Waals surface area contributed by atoms with Gasteiger partial charge in [-0.2, -0.15) is 0 Å². The van der Waals surface area contributed by atoms with Crippen molar-refractivity contribution in [3.05, 3.63) is 24.0 Å². The van der Waals surface area contributed by atoms with Gasteiger partial charge in [0.25, 0.3) is 0 Å². The molecule has 2 aliphatic rings. The Morgan fingerprint density at radius 3 is 2.84 bits per heavy atom. The third kappa shape index (κ3) is 1.80. The van der Waals surface area contributed by atoms with Crippen LogP contribution in [0.5, 0.6) is 0 Å². The number of rotatable bonds is 2. The molecule has 1 aliphatic heterocycles. The fraction of sp³-hybridized carbons (Fsp3) is 0.500. The summed E-state index contributed by atoms with van der Waals surface area (Å²) in [5.41, 5.74) is 7.63. The van der Waals surface area contributed by atoms with E-state index in [1.165, 1.54) is 25.0 Å². The van der Waals surface area contributed by atoms with Crippen LogP contribution < -0.4 is 5.73 Å². The van der Waals surface area contributed by atoms with Gasteiger partial charge in [-0.3, -0.25) is 4.90 Å². The van der Waals surface area contributed by atoms with E-state index in [-0.39, 0.29) is 5.82 Å². The lowest BCUT2D eigenvalue weighted by atomic mass is 10.2. The molecule has 1 saturated carbocycles. The van der Waals surface area contributed by atoms with Crippen LogP contribution in [-0.2, 0) is 0 Å². The van der Waals surface area contributed by atoms with E-state index in [0.717, 1.165) is 31.1 Å². The molecule has 0 spiro atoms. The molecule has 0 radical (unpaired) electrons. The minimum atomic E-state index is -0.261. The van der Waals surface area contributed by atoms with Crippen LogP contribution in [-0.4, -0.2) is 33.6 Å². The van der Waals surface area contributed by atoms with Gasteiger partial charge in [-0.25, -0.2) is 9.37 Å². The van der Waals surface area contributed by atoms with E-state index in [9.17, 15) is 4.39 Å². The first kappa shape index (κ1) is 11.2. The quantitative estimate of drug-likeness (QED) is 0.900. The van der Waals surface area contributed by atoms with Gasteiger partial charge in [-0.05, 0) is 31.4 Å². The predicted octanol–water partition coefficient (Wildman–Crippen LogP) is 2.17. The van der Waals surface area contributed by atoms with Crippen LogP contribution in [0.3, 0.4) is 0 Å². The number of fused-ring (bicyclic) bond motifs is 1. The number of nitrogens with two attached hydrogens (primary N) is 1. The molecule has 19 heavy (non-hydrogen) atoms. The van der Waals surface area contributed by atoms with Crippen LogP contribution in [0.15, 0.2) is 18.2 Å². The van der Waals surface area contributed by atoms with Gasteiger partial charge in [0.05, 0.1) is 17.1 Å². The van der Waals surface area contributed by atoms with Crippen LogP contribution in [0, 0.1) is 5.82 Å². The summed E-state index contributed by atoms with van der Waals surface area (Å²) >= 11 is 0. The van der Waals surface area contributed by atoms with Crippen LogP contribution in [0.25, 0.3) is 11.0 Å². The van der Waals surface area contributed by atoms with Gasteiger partial charge >= 0.3 is 0 Å². The number of hydrogen-bond donors (Lipinski definition) is 1. The Morgan fingerprint density at radius 1 is 1.21 bits per heavy atom. The summed E-state index contributed by atoms with van der Waals surface area (Å²) in [6, 6.07) is 5.88. The van der Waals surface area contributed by atoms with Gasteiger partial charge in [0.2, 0.25) is 5.95 Å². The Morgan fingerprint density at radius 2 is 2.05 bits per heavy atom. The minimum absolute atomic E-state index is 0.261. The highest BCUT2D eigenvalue weighted by Crippen LogP contribution is 2.35. The number of aromatic nitrogens is 2. The molecule has 2 fully saturated rings. The van der Waals surface area contributed by atoms with Gasteiger partial charge in [-0.15, -0.1) is 0 Å². The number of likely N-dealkylation sites (tertiary alicyclic amines) is 1. The Kier molecular flexibility index (Phi) is 2.33. The topological polar surface area (TPSA) is 47.1 Å². The molecule has 1 saturated heterocycles. The Labute approximate surface area is 111 Å². The van der Waals surface area contributed by atoms with Gasteiger partial charge in [-0.1, -0.05) is 0 Å². The van der Waals surface area contributed by atoms with Gasteiger partial charge in [0.1, 0.15) is 5.82 Å². The molecule has 4 nitrogen and oxygen atoms in total. The first-order chi connectivity index (χ1) is 9.22. The molecule has 2 aromatic rings. The van der Waals surface area contributed by atoms with Gasteiger partial charge in [0, 0.05) is 25.2 Å². The highest BCUT2D eigenvalue weighted by Gasteiger charge is 2.35. The summed E-state index contributed by atoms with van der Waals surface area (Å²) < 4.78 is 15.3. The second kappa shape index (κ2) is 3.93. The van der Waals surface area contributed by atoms with E-state index in [2.05, 4.69) is 14.5 Å². The number of halogens is 1. The smallest absolute Gasteiger partial charge is 0.201 e. The molecule has 1 aromatic carbocycles. The Balaban J connectivity index is 1.72. The molecular weight excluding hydrogens is 243 g/mol. The summed E-state index contributed by atoms with van der Waals surface area (Å²) in [4.78, 5) is 6.83. The van der Waals surface area contributed by atoms with E-state index < -0.39 is 0 Å². The summed E-state index contributed by atoms with van der Waals surface area (Å²) in [7, 11) is 0. The van der Waals surface area contributed by atoms with Crippen molar-refractivity contribution in [1.82, 2.24) is 14.5 Å². The van der Waals surface area contributed by atoms with E-state index in [1.807, 2.05) is 0 Å². The summed E-state index contributed by atoms with van der Waals surface area (Å²) in [5.74, 6) is 0.242. The molecule has 4 rings (SSSR count). The average molecular weight is 260 g/mol. The molecule has 1 atom stereocenters. The zero-order valence-electron chi connectivity index (χ0n) is 10.7. The zero-order chi connectivity index (χ0) is 13.0. The SMILES string of the molecule is Nc1nc2cc(F)ccc2n1C1CCN(C2CC2)C1. The molecule has 0 amide bonds. The van der Waals surface area contributed by atoms with Crippen molar-refractivity contribution in [2.75, 3.05) is 18.8 Å². The van der Waals surface area contributed by atoms with Crippen molar-refractivity contribution < 1.29 is 4.39 Å². The highest BCUT2D eigenvalue weighted by atomic mass is 19.1. The van der Waals surface area contributed by atoms with Crippen molar-refractivity contribution in [3.8, 4) is 0 Å². The third-order valence-corrected chi connectivity index (χ3v) is 4.30. The minimum Gasteiger partial charge on any atom is -0.369 e. The summed E-state index contributed by atoms with van der Waals surface area (Å²) in [6.45, 7) is 2.17. The second-order valence-electron chi connectivity index (χ2n) is 5.64. The number of anilines is 1. The monoisotopic (exact) mass is 260 g/mol. The van der Waals surface area contributed by atoms with Crippen molar-refractivity contribution in [1.29, 1.82) is 0 Å². The molecule has 100 valence electrons. The normalized spacial score (nSPS) is 24.4. The summed E-state index contributed by atoms with van der Waals surface area (Å²) in [6.07, 6.45) is 3.76. The molecule has 2 heterocycles. The lowest BCUT2D eigenvalue weighted by Crippen LogP contribution is -2.24. The van der Waals surface area contributed by atoms with Crippen molar-refractivity contribution in [2.24, 2.45) is 0 Å². The maximum Gasteiger partial charge on any atom is 0.201 e. The molecule has 2 N–H and O–H groups in total. The second-order valence-corrected chi connectivity index (χ2v) is 5.64. The van der Waals surface area contributed by atoms with Gasteiger partial charge in [0.15, 0.2) is 0 Å². The first-order valence-electron chi connectivity index (χ1n) is 6.89. The van der Waals surface area contributed by atoms with Crippen molar-refractivity contribution in [3.63, 3.8) is 0 Å². The summed E-state index contributed by atoms with van der Waals surface area (Å²) in [5, 5.41) is 0. The van der Waals surface area contributed by atoms with Gasteiger partial charge < -0.3 is 10.3 Å². The lowest BCUT2D eigenvalue weighted by molar-refractivity contribution is 0.315. The number of hydrogen-bond acceptors (Lipinski definition) is 3. The van der Waals surface area contributed by atoms with E-state index in [4.69, 9.17) is 5.73 Å². The van der Waals surface area contributed by atoms with E-state index >= 15 is 0 Å². The van der Waals surface area contributed by atoms with E-state index in [1.54, 1.807) is 6.07 Å². The lowest BCUT2D eigenvalue weighted by Gasteiger charge is -2.17. The van der Waals surface area contributed by atoms with Crippen LogP contribution in [0.2, 0.25) is 0 Å². The fourth-order valence-corrected chi connectivity index (χ4v) is 3.22. The van der Waals surface area contributed by atoms with Crippen LogP contribution in [0.1, 0.15) is 25.3 Å². The molecular formula is C14H17FN4. The Bertz CT molecular complexity index is 632. The maximum absolute atomic E-state index is 13.2. The van der Waals surface area contributed by atoms with E-state index in [0.29, 0.717) is 17.5 Å². The van der Waals surface area contributed by atoms with Crippen LogP contribution in [0.4, 0.5) is 10.3 Å². The standard InChI is InChI=1S/C14H17FN4/c15-9-1-4-13-12(7-9)17-14(16)19(13)11-5-6-18(8-11)10-2-3-10/h1,4,7,10-11H,2-3,5-6,8H2,(H2,16,17). The average Bonchev–Trinajstić information content (AvgIpc) is 3.02. The fourth-order valence-electron chi connectivity index (χ4n) is 3.22. The number of imidazole rings is 1. The Hall–Kier alpha value is -1.62. The molecule has 1 aromatic heterocycles. The third-order valence-electron chi connectivity index (χ3n) is 4.30. The molecule has 0 bridgehead atoms. The zero-order valence-corrected chi connectivity index (χ0v) is 10.7. The molecule has 1 aliphatic carbocycles.